The van der Waals surface area contributed by atoms with Gasteiger partial charge >= 0.3 is 0 Å². The molecular formula is C16H16N2O2S. The quantitative estimate of drug-likeness (QED) is 0.811. The van der Waals surface area contributed by atoms with Crippen LogP contribution in [0.5, 0.6) is 0 Å². The lowest BCUT2D eigenvalue weighted by atomic mass is 10.1. The van der Waals surface area contributed by atoms with E-state index in [9.17, 15) is 9.59 Å². The number of fused-ring (bicyclic) bond motifs is 1. The molecule has 0 saturated heterocycles. The number of amides is 2. The molecule has 0 aliphatic carbocycles. The maximum absolute atomic E-state index is 12.7. The Hall–Kier alpha value is -2.14. The van der Waals surface area contributed by atoms with Crippen LogP contribution in [0.4, 0.5) is 11.4 Å². The predicted octanol–water partition coefficient (Wildman–Crippen LogP) is 3.15. The molecule has 21 heavy (non-hydrogen) atoms. The van der Waals surface area contributed by atoms with Crippen molar-refractivity contribution < 1.29 is 9.59 Å². The van der Waals surface area contributed by atoms with E-state index in [1.807, 2.05) is 48.7 Å². The highest BCUT2D eigenvalue weighted by Gasteiger charge is 2.33. The zero-order valence-electron chi connectivity index (χ0n) is 11.9. The number of carbonyl (C=O) groups is 2. The van der Waals surface area contributed by atoms with Crippen molar-refractivity contribution in [2.24, 2.45) is 0 Å². The zero-order chi connectivity index (χ0) is 15.0. The minimum atomic E-state index is -0.0405. The third-order valence-electron chi connectivity index (χ3n) is 3.64. The number of anilines is 2. The highest BCUT2D eigenvalue weighted by molar-refractivity contribution is 7.12. The van der Waals surface area contributed by atoms with E-state index in [0.29, 0.717) is 11.4 Å². The lowest BCUT2D eigenvalue weighted by molar-refractivity contribution is -0.117. The fourth-order valence-electron chi connectivity index (χ4n) is 2.78. The summed E-state index contributed by atoms with van der Waals surface area (Å²) in [6.07, 6.45) is 0. The Morgan fingerprint density at radius 3 is 2.48 bits per heavy atom. The van der Waals surface area contributed by atoms with E-state index in [0.717, 1.165) is 11.4 Å². The van der Waals surface area contributed by atoms with Crippen LogP contribution < -0.4 is 9.80 Å². The van der Waals surface area contributed by atoms with Gasteiger partial charge in [-0.25, -0.2) is 0 Å². The number of hydrogen-bond acceptors (Lipinski definition) is 3. The summed E-state index contributed by atoms with van der Waals surface area (Å²) in [5, 5.41) is 1.90. The van der Waals surface area contributed by atoms with Gasteiger partial charge in [0.2, 0.25) is 5.91 Å². The number of rotatable bonds is 1. The summed E-state index contributed by atoms with van der Waals surface area (Å²) < 4.78 is 0. The Morgan fingerprint density at radius 1 is 1.14 bits per heavy atom. The summed E-state index contributed by atoms with van der Waals surface area (Å²) in [4.78, 5) is 28.8. The lowest BCUT2D eigenvalue weighted by Crippen LogP contribution is -2.51. The normalized spacial score (nSPS) is 17.5. The molecule has 0 radical (unpaired) electrons. The Bertz CT molecular complexity index is 681. The van der Waals surface area contributed by atoms with Crippen molar-refractivity contribution >= 4 is 34.5 Å². The van der Waals surface area contributed by atoms with Gasteiger partial charge in [0.05, 0.1) is 22.3 Å². The standard InChI is InChI=1S/C16H16N2O2S/c1-11-10-17(16(20)15-8-5-9-21-15)13-6-3-4-7-14(13)18(11)12(2)19/h3-9,11H,10H2,1-2H3. The van der Waals surface area contributed by atoms with E-state index >= 15 is 0 Å². The number of carbonyl (C=O) groups excluding carboxylic acids is 2. The van der Waals surface area contributed by atoms with Gasteiger partial charge < -0.3 is 9.80 Å². The molecule has 2 aromatic rings. The molecule has 1 atom stereocenters. The number of hydrogen-bond donors (Lipinski definition) is 0. The maximum atomic E-state index is 12.7. The zero-order valence-corrected chi connectivity index (χ0v) is 12.8. The van der Waals surface area contributed by atoms with Gasteiger partial charge in [-0.2, -0.15) is 0 Å². The van der Waals surface area contributed by atoms with Gasteiger partial charge in [-0.1, -0.05) is 18.2 Å². The molecule has 2 heterocycles. The van der Waals surface area contributed by atoms with Crippen molar-refractivity contribution in [3.05, 3.63) is 46.7 Å². The SMILES string of the molecule is CC(=O)N1c2ccccc2N(C(=O)c2cccs2)CC1C. The molecule has 1 aromatic carbocycles. The van der Waals surface area contributed by atoms with Gasteiger partial charge in [0.25, 0.3) is 5.91 Å². The van der Waals surface area contributed by atoms with Crippen LogP contribution in [0.1, 0.15) is 23.5 Å². The minimum Gasteiger partial charge on any atom is -0.306 e. The molecule has 1 unspecified atom stereocenters. The first-order valence-corrected chi connectivity index (χ1v) is 7.71. The van der Waals surface area contributed by atoms with Gasteiger partial charge in [-0.05, 0) is 30.5 Å². The van der Waals surface area contributed by atoms with Gasteiger partial charge in [0.1, 0.15) is 0 Å². The van der Waals surface area contributed by atoms with Crippen LogP contribution in [0.3, 0.4) is 0 Å². The summed E-state index contributed by atoms with van der Waals surface area (Å²) in [5.41, 5.74) is 1.60. The minimum absolute atomic E-state index is 0.00169. The van der Waals surface area contributed by atoms with Gasteiger partial charge in [0, 0.05) is 13.5 Å². The van der Waals surface area contributed by atoms with Crippen LogP contribution in [0.2, 0.25) is 0 Å². The molecule has 0 bridgehead atoms. The van der Waals surface area contributed by atoms with E-state index in [-0.39, 0.29) is 17.9 Å². The number of nitrogens with zero attached hydrogens (tertiary/aromatic N) is 2. The summed E-state index contributed by atoms with van der Waals surface area (Å²) in [5.74, 6) is -0.00863. The smallest absolute Gasteiger partial charge is 0.268 e. The van der Waals surface area contributed by atoms with Crippen LogP contribution in [-0.2, 0) is 4.79 Å². The van der Waals surface area contributed by atoms with Crippen molar-refractivity contribution in [1.82, 2.24) is 0 Å². The molecule has 0 spiro atoms. The molecule has 108 valence electrons. The van der Waals surface area contributed by atoms with Crippen molar-refractivity contribution in [2.45, 2.75) is 19.9 Å². The summed E-state index contributed by atoms with van der Waals surface area (Å²) in [6, 6.07) is 11.2. The second-order valence-corrected chi connectivity index (χ2v) is 6.07. The number of para-hydroxylation sites is 2. The van der Waals surface area contributed by atoms with Crippen molar-refractivity contribution in [1.29, 1.82) is 0 Å². The van der Waals surface area contributed by atoms with E-state index in [4.69, 9.17) is 0 Å². The maximum Gasteiger partial charge on any atom is 0.268 e. The van der Waals surface area contributed by atoms with Crippen LogP contribution in [0.25, 0.3) is 0 Å². The van der Waals surface area contributed by atoms with Gasteiger partial charge in [-0.3, -0.25) is 9.59 Å². The third-order valence-corrected chi connectivity index (χ3v) is 4.49. The third kappa shape index (κ3) is 2.34. The monoisotopic (exact) mass is 300 g/mol. The average molecular weight is 300 g/mol. The van der Waals surface area contributed by atoms with Gasteiger partial charge in [-0.15, -0.1) is 11.3 Å². The highest BCUT2D eigenvalue weighted by Crippen LogP contribution is 2.36. The fourth-order valence-corrected chi connectivity index (χ4v) is 3.46. The van der Waals surface area contributed by atoms with Crippen LogP contribution >= 0.6 is 11.3 Å². The summed E-state index contributed by atoms with van der Waals surface area (Å²) in [6.45, 7) is 4.03. The number of thiophene rings is 1. The topological polar surface area (TPSA) is 40.6 Å². The van der Waals surface area contributed by atoms with Crippen molar-refractivity contribution in [3.63, 3.8) is 0 Å². The molecule has 0 fully saturated rings. The first-order valence-electron chi connectivity index (χ1n) is 6.84. The lowest BCUT2D eigenvalue weighted by Gasteiger charge is -2.40. The second kappa shape index (κ2) is 5.33. The fraction of sp³-hybridized carbons (Fsp3) is 0.250. The molecule has 1 aromatic heterocycles. The van der Waals surface area contributed by atoms with E-state index in [1.165, 1.54) is 11.3 Å². The first-order chi connectivity index (χ1) is 10.1. The average Bonchev–Trinajstić information content (AvgIpc) is 2.99. The highest BCUT2D eigenvalue weighted by atomic mass is 32.1. The van der Waals surface area contributed by atoms with Crippen LogP contribution in [0.15, 0.2) is 41.8 Å². The van der Waals surface area contributed by atoms with E-state index in [2.05, 4.69) is 0 Å². The van der Waals surface area contributed by atoms with Crippen LogP contribution in [-0.4, -0.2) is 24.4 Å². The summed E-state index contributed by atoms with van der Waals surface area (Å²) in [7, 11) is 0. The molecule has 3 rings (SSSR count). The Kier molecular flexibility index (Phi) is 3.51. The molecule has 4 nitrogen and oxygen atoms in total. The molecule has 0 saturated carbocycles. The Labute approximate surface area is 127 Å². The first kappa shape index (κ1) is 13.8. The summed E-state index contributed by atoms with van der Waals surface area (Å²) >= 11 is 1.44. The second-order valence-electron chi connectivity index (χ2n) is 5.12. The molecule has 0 N–H and O–H groups in total. The Balaban J connectivity index is 2.06. The molecular weight excluding hydrogens is 284 g/mol. The predicted molar refractivity (Wildman–Crippen MR) is 85.1 cm³/mol. The van der Waals surface area contributed by atoms with Crippen molar-refractivity contribution in [2.75, 3.05) is 16.3 Å². The molecule has 2 amide bonds. The number of benzene rings is 1. The van der Waals surface area contributed by atoms with E-state index < -0.39 is 0 Å². The van der Waals surface area contributed by atoms with Crippen LogP contribution in [0, 0.1) is 0 Å². The van der Waals surface area contributed by atoms with Crippen molar-refractivity contribution in [3.8, 4) is 0 Å². The largest absolute Gasteiger partial charge is 0.306 e. The molecule has 1 aliphatic rings. The van der Waals surface area contributed by atoms with Gasteiger partial charge in [0.15, 0.2) is 0 Å². The molecule has 5 heteroatoms. The molecule has 1 aliphatic heterocycles. The van der Waals surface area contributed by atoms with E-state index in [1.54, 1.807) is 16.7 Å². The Morgan fingerprint density at radius 2 is 1.86 bits per heavy atom.